The molecule has 1 aliphatic heterocycles. The number of amides is 1. The molecular weight excluding hydrogens is 388 g/mol. The Hall–Kier alpha value is -3.60. The first-order valence-corrected chi connectivity index (χ1v) is 10.4. The smallest absolute Gasteiger partial charge is 0.246 e. The summed E-state index contributed by atoms with van der Waals surface area (Å²) in [4.78, 5) is 28.2. The fourth-order valence-corrected chi connectivity index (χ4v) is 3.84. The Morgan fingerprint density at radius 3 is 2.23 bits per heavy atom. The van der Waals surface area contributed by atoms with Crippen LogP contribution in [0.15, 0.2) is 66.7 Å². The molecule has 0 aromatic heterocycles. The molecule has 0 aliphatic carbocycles. The molecule has 1 fully saturated rings. The van der Waals surface area contributed by atoms with E-state index in [1.807, 2.05) is 65.6 Å². The molecule has 0 atom stereocenters. The second-order valence-electron chi connectivity index (χ2n) is 7.72. The number of carbonyl (C=O) groups is 2. The molecule has 0 spiro atoms. The number of piperazine rings is 1. The van der Waals surface area contributed by atoms with Crippen molar-refractivity contribution in [1.29, 1.82) is 0 Å². The van der Waals surface area contributed by atoms with E-state index >= 15 is 0 Å². The van der Waals surface area contributed by atoms with E-state index in [4.69, 9.17) is 4.74 Å². The van der Waals surface area contributed by atoms with Crippen LogP contribution in [0.1, 0.15) is 22.8 Å². The number of rotatable bonds is 5. The number of ether oxygens (including phenoxy) is 1. The zero-order valence-electron chi connectivity index (χ0n) is 17.9. The van der Waals surface area contributed by atoms with Crippen molar-refractivity contribution >= 4 is 34.2 Å². The average Bonchev–Trinajstić information content (AvgIpc) is 2.82. The molecule has 1 heterocycles. The van der Waals surface area contributed by atoms with Gasteiger partial charge in [-0.25, -0.2) is 0 Å². The first kappa shape index (κ1) is 20.7. The van der Waals surface area contributed by atoms with Crippen LogP contribution in [0.3, 0.4) is 0 Å². The molecule has 0 radical (unpaired) electrons. The molecule has 158 valence electrons. The van der Waals surface area contributed by atoms with E-state index in [1.54, 1.807) is 20.1 Å². The Labute approximate surface area is 182 Å². The van der Waals surface area contributed by atoms with Gasteiger partial charge >= 0.3 is 0 Å². The fraction of sp³-hybridized carbons (Fsp3) is 0.231. The molecule has 5 nitrogen and oxygen atoms in total. The van der Waals surface area contributed by atoms with Crippen molar-refractivity contribution in [3.63, 3.8) is 0 Å². The van der Waals surface area contributed by atoms with Gasteiger partial charge in [-0.05, 0) is 71.8 Å². The lowest BCUT2D eigenvalue weighted by atomic mass is 10.1. The maximum absolute atomic E-state index is 12.6. The molecule has 1 aliphatic rings. The lowest BCUT2D eigenvalue weighted by molar-refractivity contribution is -0.126. The highest BCUT2D eigenvalue weighted by molar-refractivity contribution is 5.94. The van der Waals surface area contributed by atoms with Crippen molar-refractivity contribution in [3.05, 3.63) is 77.9 Å². The Bertz CT molecular complexity index is 1130. The first-order valence-electron chi connectivity index (χ1n) is 10.4. The van der Waals surface area contributed by atoms with Gasteiger partial charge in [-0.2, -0.15) is 0 Å². The molecule has 3 aromatic rings. The fourth-order valence-electron chi connectivity index (χ4n) is 3.84. The third-order valence-electron chi connectivity index (χ3n) is 5.72. The molecule has 0 N–H and O–H groups in total. The van der Waals surface area contributed by atoms with Crippen LogP contribution < -0.4 is 9.64 Å². The normalized spacial score (nSPS) is 14.3. The number of hydrogen-bond acceptors (Lipinski definition) is 4. The van der Waals surface area contributed by atoms with Gasteiger partial charge in [-0.1, -0.05) is 18.2 Å². The summed E-state index contributed by atoms with van der Waals surface area (Å²) in [6, 6.07) is 19.8. The SMILES string of the molecule is COc1ccc2cc(/C=C/C(=O)N3CCN(c4ccc(C(C)=O)cc4)CC3)ccc2c1. The van der Waals surface area contributed by atoms with Crippen LogP contribution in [-0.4, -0.2) is 49.9 Å². The van der Waals surface area contributed by atoms with Gasteiger partial charge in [0.15, 0.2) is 5.78 Å². The molecule has 1 amide bonds. The zero-order chi connectivity index (χ0) is 21.8. The van der Waals surface area contributed by atoms with Gasteiger partial charge in [0.1, 0.15) is 5.75 Å². The molecule has 0 bridgehead atoms. The van der Waals surface area contributed by atoms with Crippen LogP contribution in [0.25, 0.3) is 16.8 Å². The molecule has 0 saturated carbocycles. The van der Waals surface area contributed by atoms with Crippen molar-refractivity contribution < 1.29 is 14.3 Å². The van der Waals surface area contributed by atoms with Crippen molar-refractivity contribution in [2.45, 2.75) is 6.92 Å². The Balaban J connectivity index is 1.36. The number of benzene rings is 3. The lowest BCUT2D eigenvalue weighted by Crippen LogP contribution is -2.48. The van der Waals surface area contributed by atoms with Gasteiger partial charge in [0, 0.05) is 43.5 Å². The quantitative estimate of drug-likeness (QED) is 0.458. The third-order valence-corrected chi connectivity index (χ3v) is 5.72. The monoisotopic (exact) mass is 414 g/mol. The maximum atomic E-state index is 12.6. The van der Waals surface area contributed by atoms with Crippen LogP contribution in [0, 0.1) is 0 Å². The first-order chi connectivity index (χ1) is 15.0. The number of anilines is 1. The second kappa shape index (κ2) is 9.04. The molecule has 0 unspecified atom stereocenters. The predicted octanol–water partition coefficient (Wildman–Crippen LogP) is 4.41. The zero-order valence-corrected chi connectivity index (χ0v) is 17.9. The second-order valence-corrected chi connectivity index (χ2v) is 7.72. The van der Waals surface area contributed by atoms with E-state index in [0.29, 0.717) is 13.1 Å². The molecular formula is C26H26N2O3. The molecule has 5 heteroatoms. The molecule has 1 saturated heterocycles. The highest BCUT2D eigenvalue weighted by Gasteiger charge is 2.20. The number of carbonyl (C=O) groups excluding carboxylic acids is 2. The maximum Gasteiger partial charge on any atom is 0.246 e. The summed E-state index contributed by atoms with van der Waals surface area (Å²) in [5.41, 5.74) is 2.80. The van der Waals surface area contributed by atoms with Gasteiger partial charge in [0.25, 0.3) is 0 Å². The Morgan fingerprint density at radius 1 is 0.871 bits per heavy atom. The summed E-state index contributed by atoms with van der Waals surface area (Å²) in [6.45, 7) is 4.47. The number of Topliss-reactive ketones (excluding diaryl/α,β-unsaturated/α-hetero) is 1. The van der Waals surface area contributed by atoms with Crippen LogP contribution in [0.2, 0.25) is 0 Å². The summed E-state index contributed by atoms with van der Waals surface area (Å²) < 4.78 is 5.27. The van der Waals surface area contributed by atoms with Crippen molar-refractivity contribution in [3.8, 4) is 5.75 Å². The van der Waals surface area contributed by atoms with Crippen LogP contribution in [-0.2, 0) is 4.79 Å². The minimum absolute atomic E-state index is 0.0291. The molecule has 3 aromatic carbocycles. The van der Waals surface area contributed by atoms with Gasteiger partial charge in [0.2, 0.25) is 5.91 Å². The van der Waals surface area contributed by atoms with Gasteiger partial charge < -0.3 is 14.5 Å². The van der Waals surface area contributed by atoms with E-state index in [0.717, 1.165) is 46.4 Å². The minimum Gasteiger partial charge on any atom is -0.497 e. The van der Waals surface area contributed by atoms with E-state index < -0.39 is 0 Å². The lowest BCUT2D eigenvalue weighted by Gasteiger charge is -2.35. The average molecular weight is 415 g/mol. The highest BCUT2D eigenvalue weighted by Crippen LogP contribution is 2.22. The van der Waals surface area contributed by atoms with E-state index in [-0.39, 0.29) is 11.7 Å². The number of ketones is 1. The summed E-state index contributed by atoms with van der Waals surface area (Å²) in [5, 5.41) is 2.22. The van der Waals surface area contributed by atoms with Gasteiger partial charge in [-0.3, -0.25) is 9.59 Å². The van der Waals surface area contributed by atoms with Crippen LogP contribution >= 0.6 is 0 Å². The molecule has 4 rings (SSSR count). The van der Waals surface area contributed by atoms with Gasteiger partial charge in [0.05, 0.1) is 7.11 Å². The Kier molecular flexibility index (Phi) is 6.03. The van der Waals surface area contributed by atoms with Gasteiger partial charge in [-0.15, -0.1) is 0 Å². The third kappa shape index (κ3) is 4.77. The summed E-state index contributed by atoms with van der Waals surface area (Å²) in [5.74, 6) is 0.932. The summed E-state index contributed by atoms with van der Waals surface area (Å²) >= 11 is 0. The standard InChI is InChI=1S/C26H26N2O3/c1-19(29)21-6-9-24(10-7-21)27-13-15-28(16-14-27)26(30)12-4-20-3-5-23-18-25(31-2)11-8-22(23)17-20/h3-12,17-18H,13-16H2,1-2H3/b12-4+. The predicted molar refractivity (Wildman–Crippen MR) is 125 cm³/mol. The number of hydrogen-bond donors (Lipinski definition) is 0. The van der Waals surface area contributed by atoms with Crippen LogP contribution in [0.5, 0.6) is 5.75 Å². The largest absolute Gasteiger partial charge is 0.497 e. The number of nitrogens with zero attached hydrogens (tertiary/aromatic N) is 2. The van der Waals surface area contributed by atoms with E-state index in [1.165, 1.54) is 0 Å². The van der Waals surface area contributed by atoms with Crippen molar-refractivity contribution in [1.82, 2.24) is 4.90 Å². The minimum atomic E-state index is 0.0291. The Morgan fingerprint density at radius 2 is 1.55 bits per heavy atom. The number of fused-ring (bicyclic) bond motifs is 1. The highest BCUT2D eigenvalue weighted by atomic mass is 16.5. The van der Waals surface area contributed by atoms with E-state index in [9.17, 15) is 9.59 Å². The summed E-state index contributed by atoms with van der Waals surface area (Å²) in [7, 11) is 1.66. The van der Waals surface area contributed by atoms with Crippen molar-refractivity contribution in [2.75, 3.05) is 38.2 Å². The topological polar surface area (TPSA) is 49.9 Å². The number of methoxy groups -OCH3 is 1. The summed E-state index contributed by atoms with van der Waals surface area (Å²) in [6.07, 6.45) is 3.53. The van der Waals surface area contributed by atoms with Crippen molar-refractivity contribution in [2.24, 2.45) is 0 Å². The molecule has 31 heavy (non-hydrogen) atoms. The van der Waals surface area contributed by atoms with Crippen LogP contribution in [0.4, 0.5) is 5.69 Å². The van der Waals surface area contributed by atoms with E-state index in [2.05, 4.69) is 11.0 Å².